The van der Waals surface area contributed by atoms with Crippen molar-refractivity contribution in [3.05, 3.63) is 65.9 Å². The van der Waals surface area contributed by atoms with Gasteiger partial charge in [0.05, 0.1) is 19.0 Å². The van der Waals surface area contributed by atoms with Crippen molar-refractivity contribution in [2.45, 2.75) is 0 Å². The van der Waals surface area contributed by atoms with Gasteiger partial charge in [-0.3, -0.25) is 9.89 Å². The Balaban J connectivity index is 1.68. The maximum atomic E-state index is 12.1. The standard InChI is InChI=1S/C18H16N4O3/c1-25-15-7-3-5-13(9-15)16-10-17(21-20-16)18(24)22-19-11-12-4-2-6-14(23)8-12/h2-11,23H,1H3,(H,20,21)(H,22,24). The van der Waals surface area contributed by atoms with Crippen molar-refractivity contribution < 1.29 is 14.6 Å². The number of ether oxygens (including phenoxy) is 1. The Bertz CT molecular complexity index is 918. The molecular formula is C18H16N4O3. The number of hydrogen-bond donors (Lipinski definition) is 3. The van der Waals surface area contributed by atoms with E-state index >= 15 is 0 Å². The van der Waals surface area contributed by atoms with Crippen LogP contribution in [-0.4, -0.2) is 34.5 Å². The molecule has 0 aliphatic rings. The summed E-state index contributed by atoms with van der Waals surface area (Å²) in [6.07, 6.45) is 1.44. The maximum absolute atomic E-state index is 12.1. The third-order valence-electron chi connectivity index (χ3n) is 3.44. The van der Waals surface area contributed by atoms with Crippen LogP contribution in [0.5, 0.6) is 11.5 Å². The second-order valence-corrected chi connectivity index (χ2v) is 5.19. The molecule has 7 nitrogen and oxygen atoms in total. The number of aromatic amines is 1. The number of H-pyrrole nitrogens is 1. The molecule has 0 unspecified atom stereocenters. The number of nitrogens with one attached hydrogen (secondary N) is 2. The van der Waals surface area contributed by atoms with Crippen LogP contribution >= 0.6 is 0 Å². The minimum absolute atomic E-state index is 0.131. The van der Waals surface area contributed by atoms with Crippen LogP contribution in [0.1, 0.15) is 16.1 Å². The number of carbonyl (C=O) groups is 1. The van der Waals surface area contributed by atoms with E-state index in [9.17, 15) is 9.90 Å². The number of nitrogens with zero attached hydrogens (tertiary/aromatic N) is 2. The van der Waals surface area contributed by atoms with Gasteiger partial charge in [-0.25, -0.2) is 5.43 Å². The lowest BCUT2D eigenvalue weighted by Gasteiger charge is -2.00. The molecule has 0 bridgehead atoms. The Morgan fingerprint density at radius 3 is 2.88 bits per heavy atom. The first-order chi connectivity index (χ1) is 12.2. The molecular weight excluding hydrogens is 320 g/mol. The van der Waals surface area contributed by atoms with Gasteiger partial charge in [-0.1, -0.05) is 24.3 Å². The highest BCUT2D eigenvalue weighted by atomic mass is 16.5. The number of aromatic nitrogens is 2. The highest BCUT2D eigenvalue weighted by Gasteiger charge is 2.10. The number of rotatable bonds is 5. The zero-order chi connectivity index (χ0) is 17.6. The number of carbonyl (C=O) groups excluding carboxylic acids is 1. The monoisotopic (exact) mass is 336 g/mol. The highest BCUT2D eigenvalue weighted by Crippen LogP contribution is 2.22. The Kier molecular flexibility index (Phi) is 4.75. The summed E-state index contributed by atoms with van der Waals surface area (Å²) in [6.45, 7) is 0. The molecule has 0 fully saturated rings. The summed E-state index contributed by atoms with van der Waals surface area (Å²) in [6, 6.07) is 15.6. The van der Waals surface area contributed by atoms with Gasteiger partial charge in [0.1, 0.15) is 17.2 Å². The SMILES string of the molecule is COc1cccc(-c2cc(C(=O)NN=Cc3cccc(O)c3)[nH]n2)c1. The third kappa shape index (κ3) is 4.03. The molecule has 126 valence electrons. The Labute approximate surface area is 144 Å². The fourth-order valence-electron chi connectivity index (χ4n) is 2.20. The Morgan fingerprint density at radius 1 is 1.24 bits per heavy atom. The fourth-order valence-corrected chi connectivity index (χ4v) is 2.20. The molecule has 0 aliphatic carbocycles. The van der Waals surface area contributed by atoms with Crippen LogP contribution in [0.4, 0.5) is 0 Å². The number of amides is 1. The Hall–Kier alpha value is -3.61. The zero-order valence-corrected chi connectivity index (χ0v) is 13.4. The lowest BCUT2D eigenvalue weighted by atomic mass is 10.1. The van der Waals surface area contributed by atoms with Gasteiger partial charge in [0.25, 0.3) is 5.91 Å². The molecule has 0 spiro atoms. The van der Waals surface area contributed by atoms with E-state index in [2.05, 4.69) is 20.7 Å². The van der Waals surface area contributed by atoms with Crippen LogP contribution < -0.4 is 10.2 Å². The van der Waals surface area contributed by atoms with Crippen molar-refractivity contribution in [1.82, 2.24) is 15.6 Å². The molecule has 25 heavy (non-hydrogen) atoms. The minimum atomic E-state index is -0.418. The number of hydrazone groups is 1. The summed E-state index contributed by atoms with van der Waals surface area (Å²) in [4.78, 5) is 12.1. The highest BCUT2D eigenvalue weighted by molar-refractivity contribution is 5.94. The van der Waals surface area contributed by atoms with E-state index in [1.165, 1.54) is 12.3 Å². The molecule has 3 aromatic rings. The predicted octanol–water partition coefficient (Wildman–Crippen LogP) is 2.55. The average Bonchev–Trinajstić information content (AvgIpc) is 3.12. The summed E-state index contributed by atoms with van der Waals surface area (Å²) in [7, 11) is 1.59. The molecule has 0 saturated carbocycles. The van der Waals surface area contributed by atoms with E-state index < -0.39 is 5.91 Å². The van der Waals surface area contributed by atoms with Gasteiger partial charge in [-0.05, 0) is 35.9 Å². The molecule has 0 radical (unpaired) electrons. The normalized spacial score (nSPS) is 10.8. The predicted molar refractivity (Wildman–Crippen MR) is 93.7 cm³/mol. The molecule has 2 aromatic carbocycles. The van der Waals surface area contributed by atoms with Gasteiger partial charge in [-0.2, -0.15) is 10.2 Å². The van der Waals surface area contributed by atoms with Crippen molar-refractivity contribution in [3.8, 4) is 22.8 Å². The van der Waals surface area contributed by atoms with Gasteiger partial charge in [0, 0.05) is 5.56 Å². The van der Waals surface area contributed by atoms with E-state index in [4.69, 9.17) is 4.74 Å². The molecule has 7 heteroatoms. The van der Waals surface area contributed by atoms with E-state index in [1.54, 1.807) is 31.4 Å². The quantitative estimate of drug-likeness (QED) is 0.492. The molecule has 0 atom stereocenters. The van der Waals surface area contributed by atoms with Gasteiger partial charge < -0.3 is 9.84 Å². The van der Waals surface area contributed by atoms with Crippen molar-refractivity contribution in [2.75, 3.05) is 7.11 Å². The number of phenolic OH excluding ortho intramolecular Hbond substituents is 1. The van der Waals surface area contributed by atoms with Crippen molar-refractivity contribution in [1.29, 1.82) is 0 Å². The zero-order valence-electron chi connectivity index (χ0n) is 13.4. The lowest BCUT2D eigenvalue weighted by Crippen LogP contribution is -2.17. The molecule has 3 rings (SSSR count). The summed E-state index contributed by atoms with van der Waals surface area (Å²) in [5.74, 6) is 0.423. The molecule has 1 heterocycles. The first-order valence-electron chi connectivity index (χ1n) is 7.48. The second-order valence-electron chi connectivity index (χ2n) is 5.19. The average molecular weight is 336 g/mol. The van der Waals surface area contributed by atoms with E-state index in [1.807, 2.05) is 24.3 Å². The van der Waals surface area contributed by atoms with Crippen LogP contribution in [-0.2, 0) is 0 Å². The lowest BCUT2D eigenvalue weighted by molar-refractivity contribution is 0.0950. The number of hydrogen-bond acceptors (Lipinski definition) is 5. The molecule has 1 aromatic heterocycles. The summed E-state index contributed by atoms with van der Waals surface area (Å²) < 4.78 is 5.18. The van der Waals surface area contributed by atoms with Crippen LogP contribution in [0.15, 0.2) is 59.7 Å². The van der Waals surface area contributed by atoms with Crippen LogP contribution in [0.3, 0.4) is 0 Å². The van der Waals surface area contributed by atoms with E-state index in [0.717, 1.165) is 5.56 Å². The smallest absolute Gasteiger partial charge is 0.289 e. The van der Waals surface area contributed by atoms with Gasteiger partial charge in [0.2, 0.25) is 0 Å². The first-order valence-corrected chi connectivity index (χ1v) is 7.48. The van der Waals surface area contributed by atoms with Gasteiger partial charge in [0.15, 0.2) is 0 Å². The maximum Gasteiger partial charge on any atom is 0.289 e. The molecule has 0 aliphatic heterocycles. The second kappa shape index (κ2) is 7.31. The number of phenols is 1. The number of aromatic hydroxyl groups is 1. The van der Waals surface area contributed by atoms with Gasteiger partial charge in [-0.15, -0.1) is 0 Å². The molecule has 1 amide bonds. The number of methoxy groups -OCH3 is 1. The number of benzene rings is 2. The summed E-state index contributed by atoms with van der Waals surface area (Å²) in [5.41, 5.74) is 4.82. The van der Waals surface area contributed by atoms with Crippen molar-refractivity contribution in [3.63, 3.8) is 0 Å². The van der Waals surface area contributed by atoms with Crippen LogP contribution in [0.25, 0.3) is 11.3 Å². The molecule has 0 saturated heterocycles. The topological polar surface area (TPSA) is 99.6 Å². The minimum Gasteiger partial charge on any atom is -0.508 e. The van der Waals surface area contributed by atoms with Crippen molar-refractivity contribution >= 4 is 12.1 Å². The Morgan fingerprint density at radius 2 is 2.08 bits per heavy atom. The summed E-state index contributed by atoms with van der Waals surface area (Å²) in [5, 5.41) is 20.1. The van der Waals surface area contributed by atoms with Gasteiger partial charge >= 0.3 is 0 Å². The van der Waals surface area contributed by atoms with Crippen LogP contribution in [0, 0.1) is 0 Å². The molecule has 3 N–H and O–H groups in total. The van der Waals surface area contributed by atoms with Crippen molar-refractivity contribution in [2.24, 2.45) is 5.10 Å². The van der Waals surface area contributed by atoms with Crippen LogP contribution in [0.2, 0.25) is 0 Å². The summed E-state index contributed by atoms with van der Waals surface area (Å²) >= 11 is 0. The fraction of sp³-hybridized carbons (Fsp3) is 0.0556. The van der Waals surface area contributed by atoms with E-state index in [0.29, 0.717) is 17.0 Å². The third-order valence-corrected chi connectivity index (χ3v) is 3.44. The van der Waals surface area contributed by atoms with E-state index in [-0.39, 0.29) is 11.4 Å². The largest absolute Gasteiger partial charge is 0.508 e. The first kappa shape index (κ1) is 16.3.